The summed E-state index contributed by atoms with van der Waals surface area (Å²) >= 11 is 0. The molecule has 23 heavy (non-hydrogen) atoms. The van der Waals surface area contributed by atoms with Gasteiger partial charge < -0.3 is 15.2 Å². The molecule has 0 aliphatic rings. The molecule has 2 N–H and O–H groups in total. The zero-order valence-corrected chi connectivity index (χ0v) is 13.0. The molecule has 1 aromatic heterocycles. The van der Waals surface area contributed by atoms with E-state index < -0.39 is 17.9 Å². The van der Waals surface area contributed by atoms with E-state index in [2.05, 4.69) is 10.4 Å². The molecule has 2 rings (SSSR count). The fraction of sp³-hybridized carbons (Fsp3) is 0.312. The number of carboxylic acids is 1. The van der Waals surface area contributed by atoms with Gasteiger partial charge in [-0.1, -0.05) is 18.2 Å². The van der Waals surface area contributed by atoms with E-state index in [4.69, 9.17) is 9.84 Å². The van der Waals surface area contributed by atoms with Crippen molar-refractivity contribution in [1.82, 2.24) is 15.1 Å². The van der Waals surface area contributed by atoms with Crippen LogP contribution in [0.25, 0.3) is 5.69 Å². The average molecular weight is 317 g/mol. The molecule has 0 spiro atoms. The maximum Gasteiger partial charge on any atom is 0.326 e. The van der Waals surface area contributed by atoms with Gasteiger partial charge in [-0.25, -0.2) is 9.48 Å². The van der Waals surface area contributed by atoms with E-state index in [0.717, 1.165) is 5.69 Å². The number of aromatic nitrogens is 2. The normalized spacial score (nSPS) is 11.9. The molecule has 0 radical (unpaired) electrons. The monoisotopic (exact) mass is 317 g/mol. The standard InChI is InChI=1S/C16H19N3O4/c1-11-13(10-17-19(11)12-6-4-3-5-7-12)15(20)18-14(16(21)22)8-9-23-2/h3-7,10,14H,8-9H2,1-2H3,(H,18,20)(H,21,22). The van der Waals surface area contributed by atoms with Crippen LogP contribution in [0.3, 0.4) is 0 Å². The Morgan fingerprint density at radius 2 is 2.04 bits per heavy atom. The molecule has 7 heteroatoms. The number of para-hydroxylation sites is 1. The van der Waals surface area contributed by atoms with Gasteiger partial charge in [-0.05, 0) is 19.1 Å². The average Bonchev–Trinajstić information content (AvgIpc) is 2.93. The molecule has 1 atom stereocenters. The van der Waals surface area contributed by atoms with E-state index in [1.54, 1.807) is 11.6 Å². The Bertz CT molecular complexity index is 682. The summed E-state index contributed by atoms with van der Waals surface area (Å²) in [5, 5.41) is 15.9. The quantitative estimate of drug-likeness (QED) is 0.805. The lowest BCUT2D eigenvalue weighted by Gasteiger charge is -2.14. The number of hydrogen-bond acceptors (Lipinski definition) is 4. The highest BCUT2D eigenvalue weighted by Gasteiger charge is 2.23. The van der Waals surface area contributed by atoms with Crippen molar-refractivity contribution in [3.8, 4) is 5.69 Å². The molecule has 2 aromatic rings. The van der Waals surface area contributed by atoms with Crippen molar-refractivity contribution in [2.24, 2.45) is 0 Å². The van der Waals surface area contributed by atoms with Crippen LogP contribution in [-0.2, 0) is 9.53 Å². The number of aliphatic carboxylic acids is 1. The summed E-state index contributed by atoms with van der Waals surface area (Å²) in [6.07, 6.45) is 1.64. The van der Waals surface area contributed by atoms with Crippen molar-refractivity contribution in [1.29, 1.82) is 0 Å². The van der Waals surface area contributed by atoms with Crippen molar-refractivity contribution >= 4 is 11.9 Å². The van der Waals surface area contributed by atoms with Crippen LogP contribution in [0.1, 0.15) is 22.5 Å². The molecule has 0 saturated heterocycles. The second-order valence-electron chi connectivity index (χ2n) is 5.04. The highest BCUT2D eigenvalue weighted by atomic mass is 16.5. The van der Waals surface area contributed by atoms with Gasteiger partial charge in [-0.3, -0.25) is 4.79 Å². The Morgan fingerprint density at radius 3 is 2.65 bits per heavy atom. The van der Waals surface area contributed by atoms with Gasteiger partial charge in [0, 0.05) is 20.1 Å². The highest BCUT2D eigenvalue weighted by molar-refractivity contribution is 5.97. The smallest absolute Gasteiger partial charge is 0.326 e. The van der Waals surface area contributed by atoms with Crippen molar-refractivity contribution in [2.75, 3.05) is 13.7 Å². The van der Waals surface area contributed by atoms with E-state index in [9.17, 15) is 9.59 Å². The Hall–Kier alpha value is -2.67. The zero-order valence-electron chi connectivity index (χ0n) is 13.0. The first kappa shape index (κ1) is 16.7. The number of nitrogens with zero attached hydrogens (tertiary/aromatic N) is 2. The first-order valence-corrected chi connectivity index (χ1v) is 7.17. The molecular formula is C16H19N3O4. The molecule has 0 aliphatic heterocycles. The van der Waals surface area contributed by atoms with Gasteiger partial charge in [-0.2, -0.15) is 5.10 Å². The largest absolute Gasteiger partial charge is 0.480 e. The number of rotatable bonds is 7. The van der Waals surface area contributed by atoms with Gasteiger partial charge in [0.05, 0.1) is 23.1 Å². The molecule has 0 aliphatic carbocycles. The molecular weight excluding hydrogens is 298 g/mol. The minimum absolute atomic E-state index is 0.198. The van der Waals surface area contributed by atoms with E-state index in [1.807, 2.05) is 30.3 Å². The SMILES string of the molecule is COCCC(NC(=O)c1cnn(-c2ccccc2)c1C)C(=O)O. The first-order valence-electron chi connectivity index (χ1n) is 7.17. The Kier molecular flexibility index (Phi) is 5.48. The number of amides is 1. The summed E-state index contributed by atoms with van der Waals surface area (Å²) in [6, 6.07) is 8.40. The number of carboxylic acid groups (broad SMARTS) is 1. The van der Waals surface area contributed by atoms with Gasteiger partial charge >= 0.3 is 5.97 Å². The second-order valence-corrected chi connectivity index (χ2v) is 5.04. The topological polar surface area (TPSA) is 93.5 Å². The van der Waals surface area contributed by atoms with Crippen LogP contribution in [-0.4, -0.2) is 46.5 Å². The lowest BCUT2D eigenvalue weighted by Crippen LogP contribution is -2.41. The van der Waals surface area contributed by atoms with E-state index >= 15 is 0 Å². The van der Waals surface area contributed by atoms with Gasteiger partial charge in [0.15, 0.2) is 0 Å². The summed E-state index contributed by atoms with van der Waals surface area (Å²) in [5.74, 6) is -1.56. The third kappa shape index (κ3) is 3.95. The lowest BCUT2D eigenvalue weighted by atomic mass is 10.2. The van der Waals surface area contributed by atoms with E-state index in [0.29, 0.717) is 11.3 Å². The number of hydrogen-bond donors (Lipinski definition) is 2. The minimum Gasteiger partial charge on any atom is -0.480 e. The summed E-state index contributed by atoms with van der Waals surface area (Å²) in [5.41, 5.74) is 1.82. The van der Waals surface area contributed by atoms with Crippen LogP contribution in [0.2, 0.25) is 0 Å². The van der Waals surface area contributed by atoms with Crippen LogP contribution in [0, 0.1) is 6.92 Å². The molecule has 1 aromatic carbocycles. The zero-order chi connectivity index (χ0) is 16.8. The number of carbonyl (C=O) groups is 2. The second kappa shape index (κ2) is 7.55. The van der Waals surface area contributed by atoms with Gasteiger partial charge in [0.25, 0.3) is 5.91 Å². The van der Waals surface area contributed by atoms with Crippen LogP contribution >= 0.6 is 0 Å². The summed E-state index contributed by atoms with van der Waals surface area (Å²) in [6.45, 7) is 2.01. The number of carbonyl (C=O) groups excluding carboxylic acids is 1. The van der Waals surface area contributed by atoms with E-state index in [1.165, 1.54) is 13.3 Å². The van der Waals surface area contributed by atoms with Gasteiger partial charge in [0.2, 0.25) is 0 Å². The molecule has 1 unspecified atom stereocenters. The fourth-order valence-corrected chi connectivity index (χ4v) is 2.19. The number of benzene rings is 1. The van der Waals surface area contributed by atoms with Crippen molar-refractivity contribution in [2.45, 2.75) is 19.4 Å². The lowest BCUT2D eigenvalue weighted by molar-refractivity contribution is -0.139. The summed E-state index contributed by atoms with van der Waals surface area (Å²) in [4.78, 5) is 23.5. The number of methoxy groups -OCH3 is 1. The minimum atomic E-state index is -1.09. The van der Waals surface area contributed by atoms with Crippen molar-refractivity contribution in [3.05, 3.63) is 47.8 Å². The van der Waals surface area contributed by atoms with Crippen molar-refractivity contribution in [3.63, 3.8) is 0 Å². The van der Waals surface area contributed by atoms with Crippen LogP contribution < -0.4 is 5.32 Å². The van der Waals surface area contributed by atoms with Crippen LogP contribution in [0.15, 0.2) is 36.5 Å². The van der Waals surface area contributed by atoms with E-state index in [-0.39, 0.29) is 13.0 Å². The van der Waals surface area contributed by atoms with Crippen LogP contribution in [0.4, 0.5) is 0 Å². The number of nitrogens with one attached hydrogen (secondary N) is 1. The Labute approximate surface area is 133 Å². The molecule has 7 nitrogen and oxygen atoms in total. The molecule has 0 saturated carbocycles. The number of ether oxygens (including phenoxy) is 1. The molecule has 0 bridgehead atoms. The third-order valence-corrected chi connectivity index (χ3v) is 3.47. The summed E-state index contributed by atoms with van der Waals surface area (Å²) < 4.78 is 6.50. The third-order valence-electron chi connectivity index (χ3n) is 3.47. The maximum atomic E-state index is 12.3. The van der Waals surface area contributed by atoms with Gasteiger partial charge in [0.1, 0.15) is 6.04 Å². The van der Waals surface area contributed by atoms with Crippen molar-refractivity contribution < 1.29 is 19.4 Å². The molecule has 1 heterocycles. The van der Waals surface area contributed by atoms with Crippen LogP contribution in [0.5, 0.6) is 0 Å². The van der Waals surface area contributed by atoms with Gasteiger partial charge in [-0.15, -0.1) is 0 Å². The highest BCUT2D eigenvalue weighted by Crippen LogP contribution is 2.14. The molecule has 1 amide bonds. The first-order chi connectivity index (χ1) is 11.0. The summed E-state index contributed by atoms with van der Waals surface area (Å²) in [7, 11) is 1.48. The molecule has 122 valence electrons. The Morgan fingerprint density at radius 1 is 1.35 bits per heavy atom. The fourth-order valence-electron chi connectivity index (χ4n) is 2.19. The Balaban J connectivity index is 2.17. The predicted octanol–water partition coefficient (Wildman–Crippen LogP) is 1.40. The predicted molar refractivity (Wildman–Crippen MR) is 83.7 cm³/mol. The molecule has 0 fully saturated rings. The maximum absolute atomic E-state index is 12.3.